The van der Waals surface area contributed by atoms with Gasteiger partial charge in [-0.1, -0.05) is 35.9 Å². The minimum Gasteiger partial charge on any atom is -0.497 e. The van der Waals surface area contributed by atoms with Crippen molar-refractivity contribution in [1.29, 1.82) is 0 Å². The van der Waals surface area contributed by atoms with Crippen LogP contribution in [0.25, 0.3) is 0 Å². The Kier molecular flexibility index (Phi) is 6.65. The number of sulfonamides is 1. The summed E-state index contributed by atoms with van der Waals surface area (Å²) < 4.78 is 32.4. The van der Waals surface area contributed by atoms with Crippen LogP contribution >= 0.6 is 0 Å². The summed E-state index contributed by atoms with van der Waals surface area (Å²) in [5.74, 6) is 0.522. The normalized spacial score (nSPS) is 11.1. The molecule has 0 aliphatic carbocycles. The van der Waals surface area contributed by atoms with E-state index in [9.17, 15) is 13.2 Å². The first-order chi connectivity index (χ1) is 14.7. The average Bonchev–Trinajstić information content (AvgIpc) is 2.78. The SMILES string of the molecule is COc1cccc(CN(C)C(=O)c2cccc(N(C)S(=O)(=O)c3ccc(C)cc3)c2)c1. The molecule has 0 spiro atoms. The fraction of sp³-hybridized carbons (Fsp3) is 0.208. The van der Waals surface area contributed by atoms with Crippen molar-refractivity contribution < 1.29 is 17.9 Å². The number of benzene rings is 3. The van der Waals surface area contributed by atoms with Gasteiger partial charge in [-0.25, -0.2) is 8.42 Å². The van der Waals surface area contributed by atoms with Crippen LogP contribution in [-0.2, 0) is 16.6 Å². The Morgan fingerprint density at radius 2 is 1.61 bits per heavy atom. The molecular formula is C24H26N2O4S. The van der Waals surface area contributed by atoms with Crippen molar-refractivity contribution in [3.63, 3.8) is 0 Å². The largest absolute Gasteiger partial charge is 0.497 e. The minimum atomic E-state index is -3.73. The van der Waals surface area contributed by atoms with E-state index in [1.165, 1.54) is 11.4 Å². The molecular weight excluding hydrogens is 412 g/mol. The number of ether oxygens (including phenoxy) is 1. The maximum atomic E-state index is 13.0. The third kappa shape index (κ3) is 5.06. The second-order valence-electron chi connectivity index (χ2n) is 7.35. The van der Waals surface area contributed by atoms with Gasteiger partial charge in [0.1, 0.15) is 5.75 Å². The number of hydrogen-bond donors (Lipinski definition) is 0. The molecule has 0 N–H and O–H groups in total. The second kappa shape index (κ2) is 9.22. The molecule has 0 heterocycles. The lowest BCUT2D eigenvalue weighted by molar-refractivity contribution is 0.0785. The molecule has 6 nitrogen and oxygen atoms in total. The molecule has 0 aromatic heterocycles. The summed E-state index contributed by atoms with van der Waals surface area (Å²) in [6.07, 6.45) is 0. The Balaban J connectivity index is 1.81. The van der Waals surface area contributed by atoms with Crippen LogP contribution < -0.4 is 9.04 Å². The van der Waals surface area contributed by atoms with Gasteiger partial charge in [-0.15, -0.1) is 0 Å². The van der Waals surface area contributed by atoms with Gasteiger partial charge in [0.25, 0.3) is 15.9 Å². The van der Waals surface area contributed by atoms with Crippen molar-refractivity contribution in [2.24, 2.45) is 0 Å². The summed E-state index contributed by atoms with van der Waals surface area (Å²) in [6.45, 7) is 2.30. The van der Waals surface area contributed by atoms with Gasteiger partial charge in [-0.2, -0.15) is 0 Å². The fourth-order valence-corrected chi connectivity index (χ4v) is 4.37. The van der Waals surface area contributed by atoms with Gasteiger partial charge >= 0.3 is 0 Å². The average molecular weight is 439 g/mol. The zero-order chi connectivity index (χ0) is 22.6. The van der Waals surface area contributed by atoms with E-state index in [4.69, 9.17) is 4.74 Å². The Morgan fingerprint density at radius 1 is 0.935 bits per heavy atom. The number of nitrogens with zero attached hydrogens (tertiary/aromatic N) is 2. The first-order valence-corrected chi connectivity index (χ1v) is 11.2. The van der Waals surface area contributed by atoms with E-state index in [-0.39, 0.29) is 10.8 Å². The maximum Gasteiger partial charge on any atom is 0.264 e. The predicted octanol–water partition coefficient (Wildman–Crippen LogP) is 4.10. The number of carbonyl (C=O) groups excluding carboxylic acids is 1. The standard InChI is InChI=1S/C24H26N2O4S/c1-18-11-13-23(14-12-18)31(28,29)26(3)21-9-6-8-20(16-21)24(27)25(2)17-19-7-5-10-22(15-19)30-4/h5-16H,17H2,1-4H3. The number of methoxy groups -OCH3 is 1. The van der Waals surface area contributed by atoms with Gasteiger partial charge in [-0.05, 0) is 55.0 Å². The highest BCUT2D eigenvalue weighted by Gasteiger charge is 2.22. The third-order valence-electron chi connectivity index (χ3n) is 5.04. The number of amides is 1. The molecule has 0 atom stereocenters. The first-order valence-electron chi connectivity index (χ1n) is 9.76. The highest BCUT2D eigenvalue weighted by molar-refractivity contribution is 7.92. The van der Waals surface area contributed by atoms with Crippen molar-refractivity contribution in [2.45, 2.75) is 18.4 Å². The molecule has 0 saturated carbocycles. The summed E-state index contributed by atoms with van der Waals surface area (Å²) in [5.41, 5.74) is 2.74. The van der Waals surface area contributed by atoms with Gasteiger partial charge in [0.15, 0.2) is 0 Å². The molecule has 3 aromatic carbocycles. The minimum absolute atomic E-state index is 0.201. The van der Waals surface area contributed by atoms with Gasteiger partial charge in [0, 0.05) is 26.2 Å². The first kappa shape index (κ1) is 22.4. The van der Waals surface area contributed by atoms with Crippen LogP contribution in [0.1, 0.15) is 21.5 Å². The van der Waals surface area contributed by atoms with Crippen LogP contribution in [0.5, 0.6) is 5.75 Å². The third-order valence-corrected chi connectivity index (χ3v) is 6.84. The molecule has 3 rings (SSSR count). The van der Waals surface area contributed by atoms with Gasteiger partial charge < -0.3 is 9.64 Å². The Hall–Kier alpha value is -3.32. The van der Waals surface area contributed by atoms with E-state index < -0.39 is 10.0 Å². The Labute approximate surface area is 183 Å². The molecule has 0 radical (unpaired) electrons. The Bertz CT molecular complexity index is 1170. The summed E-state index contributed by atoms with van der Waals surface area (Å²) >= 11 is 0. The van der Waals surface area contributed by atoms with E-state index in [1.807, 2.05) is 31.2 Å². The quantitative estimate of drug-likeness (QED) is 0.557. The molecule has 3 aromatic rings. The van der Waals surface area contributed by atoms with Crippen LogP contribution in [0.15, 0.2) is 77.7 Å². The monoisotopic (exact) mass is 438 g/mol. The van der Waals surface area contributed by atoms with Gasteiger partial charge in [0.2, 0.25) is 0 Å². The number of carbonyl (C=O) groups is 1. The van der Waals surface area contributed by atoms with Crippen LogP contribution in [0.2, 0.25) is 0 Å². The fourth-order valence-electron chi connectivity index (χ4n) is 3.18. The summed E-state index contributed by atoms with van der Waals surface area (Å²) in [5, 5.41) is 0. The molecule has 0 unspecified atom stereocenters. The summed E-state index contributed by atoms with van der Waals surface area (Å²) in [7, 11) is 1.06. The predicted molar refractivity (Wildman–Crippen MR) is 122 cm³/mol. The zero-order valence-corrected chi connectivity index (χ0v) is 18.9. The second-order valence-corrected chi connectivity index (χ2v) is 9.32. The van der Waals surface area contributed by atoms with Crippen molar-refractivity contribution in [2.75, 3.05) is 25.5 Å². The zero-order valence-electron chi connectivity index (χ0n) is 18.1. The summed E-state index contributed by atoms with van der Waals surface area (Å²) in [4.78, 5) is 14.7. The van der Waals surface area contributed by atoms with Gasteiger partial charge in [0.05, 0.1) is 17.7 Å². The van der Waals surface area contributed by atoms with E-state index >= 15 is 0 Å². The number of hydrogen-bond acceptors (Lipinski definition) is 4. The molecule has 1 amide bonds. The van der Waals surface area contributed by atoms with Crippen LogP contribution in [0.3, 0.4) is 0 Å². The molecule has 0 aliphatic rings. The number of rotatable bonds is 7. The van der Waals surface area contributed by atoms with Crippen LogP contribution in [0, 0.1) is 6.92 Å². The molecule has 0 saturated heterocycles. The van der Waals surface area contributed by atoms with Gasteiger partial charge in [-0.3, -0.25) is 9.10 Å². The van der Waals surface area contributed by atoms with E-state index in [0.29, 0.717) is 17.8 Å². The highest BCUT2D eigenvalue weighted by Crippen LogP contribution is 2.24. The lowest BCUT2D eigenvalue weighted by atomic mass is 10.1. The van der Waals surface area contributed by atoms with E-state index in [2.05, 4.69) is 0 Å². The lowest BCUT2D eigenvalue weighted by Gasteiger charge is -2.22. The van der Waals surface area contributed by atoms with Crippen molar-refractivity contribution in [3.8, 4) is 5.75 Å². The van der Waals surface area contributed by atoms with E-state index in [0.717, 1.165) is 16.9 Å². The van der Waals surface area contributed by atoms with E-state index in [1.54, 1.807) is 67.6 Å². The number of aryl methyl sites for hydroxylation is 1. The maximum absolute atomic E-state index is 13.0. The van der Waals surface area contributed by atoms with Crippen LogP contribution in [0.4, 0.5) is 5.69 Å². The molecule has 0 aliphatic heterocycles. The molecule has 162 valence electrons. The topological polar surface area (TPSA) is 66.9 Å². The molecule has 31 heavy (non-hydrogen) atoms. The number of anilines is 1. The van der Waals surface area contributed by atoms with Crippen molar-refractivity contribution in [1.82, 2.24) is 4.90 Å². The Morgan fingerprint density at radius 3 is 2.29 bits per heavy atom. The molecule has 0 fully saturated rings. The molecule has 7 heteroatoms. The smallest absolute Gasteiger partial charge is 0.264 e. The van der Waals surface area contributed by atoms with Crippen molar-refractivity contribution >= 4 is 21.6 Å². The van der Waals surface area contributed by atoms with Crippen LogP contribution in [-0.4, -0.2) is 40.4 Å². The summed E-state index contributed by atoms with van der Waals surface area (Å²) in [6, 6.07) is 20.8. The van der Waals surface area contributed by atoms with Crippen molar-refractivity contribution in [3.05, 3.63) is 89.5 Å². The molecule has 0 bridgehead atoms. The lowest BCUT2D eigenvalue weighted by Crippen LogP contribution is -2.28. The highest BCUT2D eigenvalue weighted by atomic mass is 32.2.